The first kappa shape index (κ1) is 7.70. The Morgan fingerprint density at radius 2 is 2.54 bits per heavy atom. The Labute approximate surface area is 81.1 Å². The highest BCUT2D eigenvalue weighted by Gasteiger charge is 2.38. The molecule has 0 aliphatic carbocycles. The molecule has 5 heteroatoms. The molecule has 1 aromatic heterocycles. The highest BCUT2D eigenvalue weighted by molar-refractivity contribution is 7.09. The Kier molecular flexibility index (Phi) is 1.73. The van der Waals surface area contributed by atoms with Crippen LogP contribution in [0.25, 0.3) is 0 Å². The number of nitrogens with one attached hydrogen (secondary N) is 1. The Morgan fingerprint density at radius 3 is 3.38 bits per heavy atom. The van der Waals surface area contributed by atoms with Gasteiger partial charge in [0.05, 0.1) is 0 Å². The molecule has 3 rings (SSSR count). The Morgan fingerprint density at radius 1 is 1.54 bits per heavy atom. The van der Waals surface area contributed by atoms with Crippen LogP contribution in [0.1, 0.15) is 6.42 Å². The molecule has 2 atom stereocenters. The molecule has 2 aliphatic heterocycles. The second kappa shape index (κ2) is 2.92. The summed E-state index contributed by atoms with van der Waals surface area (Å²) in [6.45, 7) is 3.45. The van der Waals surface area contributed by atoms with Crippen LogP contribution in [0.3, 0.4) is 0 Å². The maximum atomic E-state index is 4.26. The van der Waals surface area contributed by atoms with E-state index in [1.54, 1.807) is 6.33 Å². The molecule has 2 unspecified atom stereocenters. The average Bonchev–Trinajstić information content (AvgIpc) is 2.79. The normalized spacial score (nSPS) is 32.5. The van der Waals surface area contributed by atoms with E-state index in [-0.39, 0.29) is 0 Å². The fraction of sp³-hybridized carbons (Fsp3) is 0.750. The summed E-state index contributed by atoms with van der Waals surface area (Å²) in [5, 5.41) is 4.52. The average molecular weight is 196 g/mol. The van der Waals surface area contributed by atoms with E-state index in [0.29, 0.717) is 6.04 Å². The van der Waals surface area contributed by atoms with Crippen molar-refractivity contribution in [2.24, 2.45) is 5.92 Å². The lowest BCUT2D eigenvalue weighted by Crippen LogP contribution is -2.33. The zero-order chi connectivity index (χ0) is 8.67. The van der Waals surface area contributed by atoms with Gasteiger partial charge in [0.2, 0.25) is 5.13 Å². The molecule has 2 fully saturated rings. The van der Waals surface area contributed by atoms with Gasteiger partial charge in [-0.15, -0.1) is 0 Å². The lowest BCUT2D eigenvalue weighted by Gasteiger charge is -2.21. The van der Waals surface area contributed by atoms with Crippen molar-refractivity contribution in [2.45, 2.75) is 12.5 Å². The molecule has 1 N–H and O–H groups in total. The first-order valence-electron chi connectivity index (χ1n) is 4.69. The minimum absolute atomic E-state index is 0.674. The van der Waals surface area contributed by atoms with E-state index < -0.39 is 0 Å². The van der Waals surface area contributed by atoms with Crippen LogP contribution in [-0.4, -0.2) is 35.0 Å². The van der Waals surface area contributed by atoms with Crippen molar-refractivity contribution >= 4 is 16.7 Å². The van der Waals surface area contributed by atoms with Crippen molar-refractivity contribution < 1.29 is 0 Å². The number of hydrogen-bond acceptors (Lipinski definition) is 5. The van der Waals surface area contributed by atoms with Crippen LogP contribution >= 0.6 is 11.5 Å². The van der Waals surface area contributed by atoms with Crippen LogP contribution in [-0.2, 0) is 0 Å². The number of fused-ring (bicyclic) bond motifs is 1. The summed E-state index contributed by atoms with van der Waals surface area (Å²) in [6, 6.07) is 0.674. The van der Waals surface area contributed by atoms with Gasteiger partial charge in [0.25, 0.3) is 0 Å². The van der Waals surface area contributed by atoms with Crippen molar-refractivity contribution in [1.82, 2.24) is 14.7 Å². The van der Waals surface area contributed by atoms with Gasteiger partial charge in [-0.1, -0.05) is 0 Å². The lowest BCUT2D eigenvalue weighted by molar-refractivity contribution is 0.578. The third-order valence-electron chi connectivity index (χ3n) is 3.04. The largest absolute Gasteiger partial charge is 0.342 e. The minimum Gasteiger partial charge on any atom is -0.342 e. The summed E-state index contributed by atoms with van der Waals surface area (Å²) in [5.74, 6) is 0.837. The maximum absolute atomic E-state index is 4.26. The molecule has 0 aromatic carbocycles. The van der Waals surface area contributed by atoms with E-state index in [2.05, 4.69) is 19.6 Å². The van der Waals surface area contributed by atoms with E-state index in [1.165, 1.54) is 24.5 Å². The highest BCUT2D eigenvalue weighted by Crippen LogP contribution is 2.31. The van der Waals surface area contributed by atoms with Gasteiger partial charge in [0.15, 0.2) is 0 Å². The topological polar surface area (TPSA) is 41.1 Å². The maximum Gasteiger partial charge on any atom is 0.205 e. The van der Waals surface area contributed by atoms with E-state index in [4.69, 9.17) is 0 Å². The summed E-state index contributed by atoms with van der Waals surface area (Å²) in [5.41, 5.74) is 0. The third kappa shape index (κ3) is 1.14. The smallest absolute Gasteiger partial charge is 0.205 e. The fourth-order valence-corrected chi connectivity index (χ4v) is 2.99. The van der Waals surface area contributed by atoms with E-state index >= 15 is 0 Å². The van der Waals surface area contributed by atoms with Crippen LogP contribution in [0, 0.1) is 5.92 Å². The fourth-order valence-electron chi connectivity index (χ4n) is 2.38. The van der Waals surface area contributed by atoms with E-state index in [9.17, 15) is 0 Å². The summed E-state index contributed by atoms with van der Waals surface area (Å²) >= 11 is 1.51. The van der Waals surface area contributed by atoms with Gasteiger partial charge in [-0.3, -0.25) is 0 Å². The molecular weight excluding hydrogens is 184 g/mol. The molecule has 2 aliphatic rings. The van der Waals surface area contributed by atoms with E-state index in [0.717, 1.165) is 24.1 Å². The summed E-state index contributed by atoms with van der Waals surface area (Å²) < 4.78 is 4.05. The van der Waals surface area contributed by atoms with Gasteiger partial charge >= 0.3 is 0 Å². The molecule has 3 heterocycles. The quantitative estimate of drug-likeness (QED) is 0.703. The Bertz CT molecular complexity index is 286. The molecule has 0 bridgehead atoms. The van der Waals surface area contributed by atoms with Crippen molar-refractivity contribution in [1.29, 1.82) is 0 Å². The predicted octanol–water partition coefficient (Wildman–Crippen LogP) is 0.336. The van der Waals surface area contributed by atoms with Gasteiger partial charge in [0.1, 0.15) is 6.33 Å². The second-order valence-electron chi connectivity index (χ2n) is 3.69. The van der Waals surface area contributed by atoms with Crippen LogP contribution in [0.2, 0.25) is 0 Å². The zero-order valence-electron chi connectivity index (χ0n) is 7.31. The molecule has 0 amide bonds. The van der Waals surface area contributed by atoms with Crippen molar-refractivity contribution in [3.05, 3.63) is 6.33 Å². The number of rotatable bonds is 1. The molecule has 70 valence electrons. The second-order valence-corrected chi connectivity index (χ2v) is 4.45. The molecule has 1 aromatic rings. The minimum atomic E-state index is 0.674. The predicted molar refractivity (Wildman–Crippen MR) is 52.0 cm³/mol. The molecule has 0 saturated carbocycles. The molecule has 2 saturated heterocycles. The van der Waals surface area contributed by atoms with Crippen molar-refractivity contribution in [3.8, 4) is 0 Å². The van der Waals surface area contributed by atoms with Gasteiger partial charge < -0.3 is 10.2 Å². The number of nitrogens with zero attached hydrogens (tertiary/aromatic N) is 3. The first-order chi connectivity index (χ1) is 6.45. The first-order valence-corrected chi connectivity index (χ1v) is 5.46. The molecular formula is C8H12N4S. The number of aromatic nitrogens is 2. The summed E-state index contributed by atoms with van der Waals surface area (Å²) in [6.07, 6.45) is 2.95. The van der Waals surface area contributed by atoms with Gasteiger partial charge in [-0.05, 0) is 12.3 Å². The van der Waals surface area contributed by atoms with Gasteiger partial charge in [-0.25, -0.2) is 4.98 Å². The van der Waals surface area contributed by atoms with Gasteiger partial charge in [-0.2, -0.15) is 4.37 Å². The summed E-state index contributed by atoms with van der Waals surface area (Å²) in [4.78, 5) is 6.67. The Balaban J connectivity index is 1.86. The number of anilines is 1. The van der Waals surface area contributed by atoms with Crippen LogP contribution < -0.4 is 10.2 Å². The molecule has 13 heavy (non-hydrogen) atoms. The molecule has 0 spiro atoms. The van der Waals surface area contributed by atoms with Crippen LogP contribution in [0.5, 0.6) is 0 Å². The van der Waals surface area contributed by atoms with Crippen molar-refractivity contribution in [3.63, 3.8) is 0 Å². The van der Waals surface area contributed by atoms with Crippen molar-refractivity contribution in [2.75, 3.05) is 24.5 Å². The highest BCUT2D eigenvalue weighted by atomic mass is 32.1. The Hall–Kier alpha value is -0.680. The molecule has 0 radical (unpaired) electrons. The summed E-state index contributed by atoms with van der Waals surface area (Å²) in [7, 11) is 0. The van der Waals surface area contributed by atoms with Crippen LogP contribution in [0.4, 0.5) is 5.13 Å². The number of hydrogen-bond donors (Lipinski definition) is 1. The van der Waals surface area contributed by atoms with E-state index in [1.807, 2.05) is 0 Å². The SMILES string of the molecule is c1nsc(N2CCC3CNCC32)n1. The van der Waals surface area contributed by atoms with Gasteiger partial charge in [0, 0.05) is 37.2 Å². The van der Waals surface area contributed by atoms with Crippen LogP contribution in [0.15, 0.2) is 6.33 Å². The standard InChI is InChI=1S/C8H12N4S/c1-2-12(8-10-5-11-13-8)7-4-9-3-6(1)7/h5-7,9H,1-4H2. The monoisotopic (exact) mass is 196 g/mol. The molecule has 4 nitrogen and oxygen atoms in total. The lowest BCUT2D eigenvalue weighted by atomic mass is 10.1. The third-order valence-corrected chi connectivity index (χ3v) is 3.74. The zero-order valence-corrected chi connectivity index (χ0v) is 8.13.